The van der Waals surface area contributed by atoms with Crippen LogP contribution < -0.4 is 5.32 Å². The second kappa shape index (κ2) is 6.20. The first kappa shape index (κ1) is 14.0. The van der Waals surface area contributed by atoms with Gasteiger partial charge in [0.1, 0.15) is 5.82 Å². The molecule has 1 saturated carbocycles. The maximum Gasteiger partial charge on any atom is 0.126 e. The number of benzene rings is 1. The average molecular weight is 278 g/mol. The minimum Gasteiger partial charge on any atom is -0.374 e. The minimum absolute atomic E-state index is 0.135. The fourth-order valence-corrected chi connectivity index (χ4v) is 2.83. The van der Waals surface area contributed by atoms with Gasteiger partial charge in [0.15, 0.2) is 0 Å². The minimum atomic E-state index is -0.135. The third kappa shape index (κ3) is 3.57. The average Bonchev–Trinajstić information content (AvgIpc) is 3.28. The molecule has 110 valence electrons. The van der Waals surface area contributed by atoms with E-state index in [1.54, 1.807) is 6.92 Å². The monoisotopic (exact) mass is 278 g/mol. The molecule has 1 aromatic carbocycles. The van der Waals surface area contributed by atoms with E-state index in [0.29, 0.717) is 5.56 Å². The lowest BCUT2D eigenvalue weighted by Crippen LogP contribution is -2.47. The summed E-state index contributed by atoms with van der Waals surface area (Å²) in [6.07, 6.45) is 3.00. The SMILES string of the molecule is Cc1cc(CNC[C@H]2CN(C3CC3)CCO2)ccc1F. The molecule has 0 spiro atoms. The third-order valence-electron chi connectivity index (χ3n) is 4.16. The lowest BCUT2D eigenvalue weighted by molar-refractivity contribution is -0.0301. The van der Waals surface area contributed by atoms with Gasteiger partial charge >= 0.3 is 0 Å². The van der Waals surface area contributed by atoms with Crippen LogP contribution in [-0.4, -0.2) is 43.3 Å². The van der Waals surface area contributed by atoms with Crippen molar-refractivity contribution in [2.24, 2.45) is 0 Å². The predicted molar refractivity (Wildman–Crippen MR) is 77.2 cm³/mol. The van der Waals surface area contributed by atoms with Crippen molar-refractivity contribution in [2.45, 2.75) is 38.5 Å². The fraction of sp³-hybridized carbons (Fsp3) is 0.625. The summed E-state index contributed by atoms with van der Waals surface area (Å²) in [5.74, 6) is -0.135. The first-order valence-corrected chi connectivity index (χ1v) is 7.54. The highest BCUT2D eigenvalue weighted by atomic mass is 19.1. The largest absolute Gasteiger partial charge is 0.374 e. The second-order valence-electron chi connectivity index (χ2n) is 5.93. The molecule has 0 bridgehead atoms. The van der Waals surface area contributed by atoms with Gasteiger partial charge in [0.05, 0.1) is 12.7 Å². The molecule has 1 aliphatic carbocycles. The molecule has 0 unspecified atom stereocenters. The van der Waals surface area contributed by atoms with Crippen LogP contribution in [0.3, 0.4) is 0 Å². The van der Waals surface area contributed by atoms with Crippen molar-refractivity contribution in [3.63, 3.8) is 0 Å². The summed E-state index contributed by atoms with van der Waals surface area (Å²) >= 11 is 0. The van der Waals surface area contributed by atoms with Crippen molar-refractivity contribution in [1.29, 1.82) is 0 Å². The van der Waals surface area contributed by atoms with Gasteiger partial charge in [0.2, 0.25) is 0 Å². The summed E-state index contributed by atoms with van der Waals surface area (Å²) < 4.78 is 19.0. The van der Waals surface area contributed by atoms with E-state index in [0.717, 1.165) is 44.4 Å². The maximum atomic E-state index is 13.2. The highest BCUT2D eigenvalue weighted by Gasteiger charge is 2.32. The molecule has 1 aliphatic heterocycles. The maximum absolute atomic E-state index is 13.2. The van der Waals surface area contributed by atoms with Crippen molar-refractivity contribution in [3.05, 3.63) is 35.1 Å². The lowest BCUT2D eigenvalue weighted by atomic mass is 10.1. The number of hydrogen-bond acceptors (Lipinski definition) is 3. The highest BCUT2D eigenvalue weighted by Crippen LogP contribution is 2.28. The van der Waals surface area contributed by atoms with E-state index in [2.05, 4.69) is 10.2 Å². The molecule has 2 fully saturated rings. The third-order valence-corrected chi connectivity index (χ3v) is 4.16. The first-order valence-electron chi connectivity index (χ1n) is 7.54. The molecule has 4 heteroatoms. The van der Waals surface area contributed by atoms with Crippen molar-refractivity contribution >= 4 is 0 Å². The van der Waals surface area contributed by atoms with Gasteiger partial charge in [-0.1, -0.05) is 12.1 Å². The van der Waals surface area contributed by atoms with E-state index in [4.69, 9.17) is 4.74 Å². The number of hydrogen-bond donors (Lipinski definition) is 1. The molecule has 3 rings (SSSR count). The summed E-state index contributed by atoms with van der Waals surface area (Å²) in [5, 5.41) is 3.42. The molecule has 1 saturated heterocycles. The fourth-order valence-electron chi connectivity index (χ4n) is 2.83. The van der Waals surface area contributed by atoms with Gasteiger partial charge in [0.25, 0.3) is 0 Å². The Kier molecular flexibility index (Phi) is 4.34. The summed E-state index contributed by atoms with van der Waals surface area (Å²) in [7, 11) is 0. The van der Waals surface area contributed by atoms with Crippen LogP contribution in [0.2, 0.25) is 0 Å². The Morgan fingerprint density at radius 1 is 1.40 bits per heavy atom. The van der Waals surface area contributed by atoms with E-state index in [-0.39, 0.29) is 11.9 Å². The zero-order valence-corrected chi connectivity index (χ0v) is 12.1. The van der Waals surface area contributed by atoms with Crippen molar-refractivity contribution in [1.82, 2.24) is 10.2 Å². The second-order valence-corrected chi connectivity index (χ2v) is 5.93. The molecule has 2 aliphatic rings. The number of aryl methyl sites for hydroxylation is 1. The molecular weight excluding hydrogens is 255 g/mol. The van der Waals surface area contributed by atoms with Gasteiger partial charge in [-0.3, -0.25) is 4.90 Å². The van der Waals surface area contributed by atoms with E-state index in [9.17, 15) is 4.39 Å². The van der Waals surface area contributed by atoms with Crippen LogP contribution in [-0.2, 0) is 11.3 Å². The van der Waals surface area contributed by atoms with Gasteiger partial charge in [-0.15, -0.1) is 0 Å². The molecule has 1 aromatic rings. The van der Waals surface area contributed by atoms with Gasteiger partial charge in [-0.25, -0.2) is 4.39 Å². The molecule has 0 amide bonds. The number of nitrogens with zero attached hydrogens (tertiary/aromatic N) is 1. The van der Waals surface area contributed by atoms with E-state index in [1.165, 1.54) is 18.9 Å². The number of morpholine rings is 1. The zero-order valence-electron chi connectivity index (χ0n) is 12.1. The summed E-state index contributed by atoms with van der Waals surface area (Å²) in [6, 6.07) is 6.10. The van der Waals surface area contributed by atoms with Gasteiger partial charge in [-0.2, -0.15) is 0 Å². The predicted octanol–water partition coefficient (Wildman–Crippen LogP) is 2.09. The number of rotatable bonds is 5. The van der Waals surface area contributed by atoms with E-state index < -0.39 is 0 Å². The normalized spacial score (nSPS) is 24.0. The summed E-state index contributed by atoms with van der Waals surface area (Å²) in [6.45, 7) is 6.40. The molecular formula is C16H23FN2O. The first-order chi connectivity index (χ1) is 9.72. The molecule has 3 nitrogen and oxygen atoms in total. The lowest BCUT2D eigenvalue weighted by Gasteiger charge is -2.33. The number of halogens is 1. The smallest absolute Gasteiger partial charge is 0.126 e. The Labute approximate surface area is 120 Å². The molecule has 0 radical (unpaired) electrons. The van der Waals surface area contributed by atoms with E-state index in [1.807, 2.05) is 12.1 Å². The number of nitrogens with one attached hydrogen (secondary N) is 1. The van der Waals surface area contributed by atoms with Crippen LogP contribution in [0.15, 0.2) is 18.2 Å². The van der Waals surface area contributed by atoms with Crippen LogP contribution >= 0.6 is 0 Å². The standard InChI is InChI=1S/C16H23FN2O/c1-12-8-13(2-5-16(12)17)9-18-10-15-11-19(6-7-20-15)14-3-4-14/h2,5,8,14-15,18H,3-4,6-7,9-11H2,1H3/t15-/m0/s1. The van der Waals surface area contributed by atoms with Gasteiger partial charge in [0, 0.05) is 32.2 Å². The van der Waals surface area contributed by atoms with Crippen molar-refractivity contribution in [2.75, 3.05) is 26.2 Å². The Balaban J connectivity index is 1.43. The highest BCUT2D eigenvalue weighted by molar-refractivity contribution is 5.23. The topological polar surface area (TPSA) is 24.5 Å². The van der Waals surface area contributed by atoms with Crippen LogP contribution in [0, 0.1) is 12.7 Å². The van der Waals surface area contributed by atoms with Crippen LogP contribution in [0.1, 0.15) is 24.0 Å². The van der Waals surface area contributed by atoms with Crippen molar-refractivity contribution < 1.29 is 9.13 Å². The molecule has 0 aromatic heterocycles. The Hall–Kier alpha value is -0.970. The molecule has 1 heterocycles. The van der Waals surface area contributed by atoms with Crippen LogP contribution in [0.5, 0.6) is 0 Å². The number of ether oxygens (including phenoxy) is 1. The summed E-state index contributed by atoms with van der Waals surface area (Å²) in [5.41, 5.74) is 1.83. The quantitative estimate of drug-likeness (QED) is 0.892. The van der Waals surface area contributed by atoms with Gasteiger partial charge in [-0.05, 0) is 37.0 Å². The Morgan fingerprint density at radius 3 is 3.00 bits per heavy atom. The summed E-state index contributed by atoms with van der Waals surface area (Å²) in [4.78, 5) is 2.55. The van der Waals surface area contributed by atoms with Crippen molar-refractivity contribution in [3.8, 4) is 0 Å². The molecule has 20 heavy (non-hydrogen) atoms. The zero-order chi connectivity index (χ0) is 13.9. The molecule has 1 N–H and O–H groups in total. The van der Waals surface area contributed by atoms with Crippen LogP contribution in [0.4, 0.5) is 4.39 Å². The van der Waals surface area contributed by atoms with Gasteiger partial charge < -0.3 is 10.1 Å². The van der Waals surface area contributed by atoms with E-state index >= 15 is 0 Å². The Morgan fingerprint density at radius 2 is 2.25 bits per heavy atom. The molecule has 1 atom stereocenters. The van der Waals surface area contributed by atoms with Crippen LogP contribution in [0.25, 0.3) is 0 Å². The Bertz CT molecular complexity index is 462.